The van der Waals surface area contributed by atoms with Crippen molar-refractivity contribution in [3.8, 4) is 56.1 Å². The first-order valence-electron chi connectivity index (χ1n) is 23.3. The van der Waals surface area contributed by atoms with Gasteiger partial charge in [-0.1, -0.05) is 146 Å². The van der Waals surface area contributed by atoms with Crippen LogP contribution in [0.3, 0.4) is 0 Å². The van der Waals surface area contributed by atoms with Crippen LogP contribution in [0.1, 0.15) is 0 Å². The van der Waals surface area contributed by atoms with Crippen molar-refractivity contribution in [2.75, 3.05) is 0 Å². The summed E-state index contributed by atoms with van der Waals surface area (Å²) in [6, 6.07) is 88.4. The van der Waals surface area contributed by atoms with Gasteiger partial charge in [0.1, 0.15) is 0 Å². The van der Waals surface area contributed by atoms with Crippen LogP contribution < -0.4 is 0 Å². The Morgan fingerprint density at radius 1 is 0.206 bits per heavy atom. The molecule has 4 heteroatoms. The first-order valence-corrected chi connectivity index (χ1v) is 23.3. The normalized spacial score (nSPS) is 11.8. The van der Waals surface area contributed by atoms with Gasteiger partial charge < -0.3 is 18.3 Å². The first-order chi connectivity index (χ1) is 33.7. The molecule has 0 aliphatic heterocycles. The van der Waals surface area contributed by atoms with Gasteiger partial charge in [0.25, 0.3) is 0 Å². The highest BCUT2D eigenvalue weighted by molar-refractivity contribution is 6.20. The molecule has 10 aromatic carbocycles. The molecule has 0 aliphatic rings. The maximum atomic E-state index is 2.46. The van der Waals surface area contributed by atoms with Crippen LogP contribution in [0.25, 0.3) is 122 Å². The van der Waals surface area contributed by atoms with Crippen molar-refractivity contribution in [3.05, 3.63) is 255 Å². The lowest BCUT2D eigenvalue weighted by Gasteiger charge is -2.12. The van der Waals surface area contributed by atoms with Gasteiger partial charge in [0, 0.05) is 67.5 Å². The van der Waals surface area contributed by atoms with Crippen LogP contribution in [0.15, 0.2) is 255 Å². The van der Waals surface area contributed by atoms with Gasteiger partial charge in [-0.05, 0) is 130 Å². The molecule has 0 fully saturated rings. The minimum atomic E-state index is 1.13. The monoisotopic (exact) mass is 866 g/mol. The summed E-state index contributed by atoms with van der Waals surface area (Å²) in [6.45, 7) is 0. The summed E-state index contributed by atoms with van der Waals surface area (Å²) >= 11 is 0. The third kappa shape index (κ3) is 5.94. The number of benzene rings is 10. The molecule has 0 amide bonds. The van der Waals surface area contributed by atoms with Gasteiger partial charge in [-0.25, -0.2) is 0 Å². The zero-order valence-corrected chi connectivity index (χ0v) is 37.0. The van der Waals surface area contributed by atoms with E-state index < -0.39 is 0 Å². The smallest absolute Gasteiger partial charge is 0.0635 e. The summed E-state index contributed by atoms with van der Waals surface area (Å²) in [7, 11) is 0. The maximum absolute atomic E-state index is 2.46. The second-order valence-electron chi connectivity index (χ2n) is 17.8. The third-order valence-corrected chi connectivity index (χ3v) is 14.1. The topological polar surface area (TPSA) is 19.7 Å². The van der Waals surface area contributed by atoms with Crippen molar-refractivity contribution < 1.29 is 0 Å². The van der Waals surface area contributed by atoms with E-state index in [0.717, 1.165) is 22.7 Å². The molecule has 0 N–H and O–H groups in total. The zero-order valence-electron chi connectivity index (χ0n) is 37.0. The average molecular weight is 867 g/mol. The molecule has 0 saturated carbocycles. The van der Waals surface area contributed by atoms with Crippen molar-refractivity contribution in [1.82, 2.24) is 18.3 Å². The van der Waals surface area contributed by atoms with Crippen LogP contribution in [0.4, 0.5) is 0 Å². The Morgan fingerprint density at radius 3 is 0.941 bits per heavy atom. The van der Waals surface area contributed by atoms with E-state index in [9.17, 15) is 0 Å². The van der Waals surface area contributed by atoms with Gasteiger partial charge in [-0.15, -0.1) is 0 Å². The standard InChI is InChI=1S/C64H42N4/c1-5-13-43(14-6-1)47-25-33-61-57(41-47)53-31-35-59-55(37-39-65(59)49-17-9-3-10-18-49)63(53)67(61)51-27-21-45(22-28-51)46-23-29-52(30-24-46)68-62-34-26-48(44-15-7-2-8-16-44)42-58(62)54-32-36-60-56(64(54)68)38-40-66(60)50-19-11-4-12-20-50/h1-42H. The third-order valence-electron chi connectivity index (χ3n) is 14.1. The van der Waals surface area contributed by atoms with Crippen molar-refractivity contribution in [3.63, 3.8) is 0 Å². The molecule has 0 atom stereocenters. The second-order valence-corrected chi connectivity index (χ2v) is 17.8. The summed E-state index contributed by atoms with van der Waals surface area (Å²) < 4.78 is 9.51. The van der Waals surface area contributed by atoms with E-state index in [1.165, 1.54) is 98.8 Å². The van der Waals surface area contributed by atoms with Gasteiger partial charge in [-0.2, -0.15) is 0 Å². The van der Waals surface area contributed by atoms with Gasteiger partial charge in [0.05, 0.1) is 33.1 Å². The molecule has 0 unspecified atom stereocenters. The second kappa shape index (κ2) is 15.2. The van der Waals surface area contributed by atoms with Crippen LogP contribution >= 0.6 is 0 Å². The Labute approximate surface area is 393 Å². The minimum absolute atomic E-state index is 1.13. The summed E-state index contributed by atoms with van der Waals surface area (Å²) in [5.41, 5.74) is 18.9. The Balaban J connectivity index is 0.890. The summed E-state index contributed by atoms with van der Waals surface area (Å²) in [4.78, 5) is 0. The Bertz CT molecular complexity index is 3920. The summed E-state index contributed by atoms with van der Waals surface area (Å²) in [6.07, 6.45) is 4.41. The molecule has 4 nitrogen and oxygen atoms in total. The molecule has 318 valence electrons. The molecular weight excluding hydrogens is 825 g/mol. The van der Waals surface area contributed by atoms with E-state index in [2.05, 4.69) is 273 Å². The van der Waals surface area contributed by atoms with E-state index in [4.69, 9.17) is 0 Å². The zero-order chi connectivity index (χ0) is 44.7. The summed E-state index contributed by atoms with van der Waals surface area (Å²) in [5, 5.41) is 7.41. The molecule has 14 rings (SSSR count). The molecular formula is C64H42N4. The van der Waals surface area contributed by atoms with Crippen molar-refractivity contribution in [2.24, 2.45) is 0 Å². The van der Waals surface area contributed by atoms with Crippen molar-refractivity contribution in [1.29, 1.82) is 0 Å². The van der Waals surface area contributed by atoms with Gasteiger partial charge in [0.15, 0.2) is 0 Å². The van der Waals surface area contributed by atoms with E-state index >= 15 is 0 Å². The van der Waals surface area contributed by atoms with Crippen LogP contribution in [-0.4, -0.2) is 18.3 Å². The van der Waals surface area contributed by atoms with E-state index in [0.29, 0.717) is 0 Å². The lowest BCUT2D eigenvalue weighted by atomic mass is 10.0. The Kier molecular flexibility index (Phi) is 8.55. The van der Waals surface area contributed by atoms with Crippen LogP contribution in [0.2, 0.25) is 0 Å². The van der Waals surface area contributed by atoms with Crippen molar-refractivity contribution in [2.45, 2.75) is 0 Å². The largest absolute Gasteiger partial charge is 0.316 e. The molecule has 68 heavy (non-hydrogen) atoms. The predicted molar refractivity (Wildman–Crippen MR) is 285 cm³/mol. The molecule has 14 aromatic rings. The van der Waals surface area contributed by atoms with Crippen LogP contribution in [0.5, 0.6) is 0 Å². The number of fused-ring (bicyclic) bond motifs is 10. The van der Waals surface area contributed by atoms with Gasteiger partial charge in [0.2, 0.25) is 0 Å². The van der Waals surface area contributed by atoms with E-state index in [-0.39, 0.29) is 0 Å². The average Bonchev–Trinajstić information content (AvgIpc) is 4.21. The highest BCUT2D eigenvalue weighted by Crippen LogP contribution is 2.42. The fourth-order valence-electron chi connectivity index (χ4n) is 10.8. The Hall–Kier alpha value is -9.12. The lowest BCUT2D eigenvalue weighted by molar-refractivity contribution is 1.13. The van der Waals surface area contributed by atoms with E-state index in [1.807, 2.05) is 0 Å². The van der Waals surface area contributed by atoms with Crippen LogP contribution in [0, 0.1) is 0 Å². The SMILES string of the molecule is c1ccc(-c2ccc3c(c2)c2ccc4c(ccn4-c4ccccc4)c2n3-c2ccc(-c3ccc(-n4c5ccc(-c6ccccc6)cc5c5ccc6c(ccn6-c6ccccc6)c54)cc3)cc2)cc1. The molecule has 0 radical (unpaired) electrons. The molecule has 0 aliphatic carbocycles. The molecule has 4 heterocycles. The highest BCUT2D eigenvalue weighted by Gasteiger charge is 2.20. The van der Waals surface area contributed by atoms with Gasteiger partial charge >= 0.3 is 0 Å². The Morgan fingerprint density at radius 2 is 0.544 bits per heavy atom. The van der Waals surface area contributed by atoms with E-state index in [1.54, 1.807) is 0 Å². The summed E-state index contributed by atoms with van der Waals surface area (Å²) in [5.74, 6) is 0. The quantitative estimate of drug-likeness (QED) is 0.152. The number of hydrogen-bond acceptors (Lipinski definition) is 0. The first kappa shape index (κ1) is 38.2. The van der Waals surface area contributed by atoms with Crippen LogP contribution in [-0.2, 0) is 0 Å². The molecule has 0 spiro atoms. The number of rotatable bonds is 7. The fourth-order valence-corrected chi connectivity index (χ4v) is 10.8. The number of hydrogen-bond donors (Lipinski definition) is 0. The number of para-hydroxylation sites is 2. The molecule has 0 bridgehead atoms. The predicted octanol–water partition coefficient (Wildman–Crippen LogP) is 16.8. The van der Waals surface area contributed by atoms with Crippen molar-refractivity contribution >= 4 is 65.4 Å². The minimum Gasteiger partial charge on any atom is -0.316 e. The lowest BCUT2D eigenvalue weighted by Crippen LogP contribution is -1.96. The molecule has 4 aromatic heterocycles. The fraction of sp³-hybridized carbons (Fsp3) is 0. The molecule has 0 saturated heterocycles. The number of nitrogens with zero attached hydrogens (tertiary/aromatic N) is 4. The van der Waals surface area contributed by atoms with Gasteiger partial charge in [-0.3, -0.25) is 0 Å². The highest BCUT2D eigenvalue weighted by atomic mass is 15.0. The number of aromatic nitrogens is 4. The maximum Gasteiger partial charge on any atom is 0.0635 e.